The quantitative estimate of drug-likeness (QED) is 0.858. The summed E-state index contributed by atoms with van der Waals surface area (Å²) in [6.45, 7) is 6.92. The number of hydrogen-bond acceptors (Lipinski definition) is 2. The third-order valence-corrected chi connectivity index (χ3v) is 4.50. The van der Waals surface area contributed by atoms with Gasteiger partial charge in [0.05, 0.1) is 5.69 Å². The Bertz CT molecular complexity index is 378. The molecule has 2 rings (SSSR count). The van der Waals surface area contributed by atoms with E-state index >= 15 is 0 Å². The van der Waals surface area contributed by atoms with Crippen LogP contribution in [0.4, 0.5) is 11.4 Å². The molecule has 3 heteroatoms. The Kier molecular flexibility index (Phi) is 3.15. The summed E-state index contributed by atoms with van der Waals surface area (Å²) in [6, 6.07) is 6.06. The lowest BCUT2D eigenvalue weighted by Crippen LogP contribution is -2.56. The first-order valence-corrected chi connectivity index (χ1v) is 6.69. The molecule has 0 bridgehead atoms. The van der Waals surface area contributed by atoms with E-state index in [0.29, 0.717) is 5.41 Å². The zero-order chi connectivity index (χ0) is 11.8. The molecule has 0 radical (unpaired) electrons. The van der Waals surface area contributed by atoms with Crippen molar-refractivity contribution in [3.8, 4) is 0 Å². The highest BCUT2D eigenvalue weighted by atomic mass is 79.9. The van der Waals surface area contributed by atoms with E-state index in [1.54, 1.807) is 0 Å². The third kappa shape index (κ3) is 1.93. The molecule has 0 aliphatic carbocycles. The molecule has 0 unspecified atom stereocenters. The highest BCUT2D eigenvalue weighted by Crippen LogP contribution is 2.42. The number of rotatable bonds is 3. The van der Waals surface area contributed by atoms with Crippen LogP contribution >= 0.6 is 15.9 Å². The SMILES string of the molecule is CCC1(CC)CN(c2ccc(N)cc2Br)C1. The molecule has 0 amide bonds. The highest BCUT2D eigenvalue weighted by Gasteiger charge is 2.40. The van der Waals surface area contributed by atoms with Crippen molar-refractivity contribution < 1.29 is 0 Å². The van der Waals surface area contributed by atoms with Crippen LogP contribution in [0.2, 0.25) is 0 Å². The van der Waals surface area contributed by atoms with E-state index in [1.807, 2.05) is 12.1 Å². The Labute approximate surface area is 106 Å². The zero-order valence-corrected chi connectivity index (χ0v) is 11.5. The predicted octanol–water partition coefficient (Wildman–Crippen LogP) is 3.66. The first-order chi connectivity index (χ1) is 7.60. The predicted molar refractivity (Wildman–Crippen MR) is 73.8 cm³/mol. The van der Waals surface area contributed by atoms with E-state index in [9.17, 15) is 0 Å². The number of halogens is 1. The number of nitrogens with two attached hydrogens (primary N) is 1. The largest absolute Gasteiger partial charge is 0.399 e. The van der Waals surface area contributed by atoms with Crippen LogP contribution in [-0.4, -0.2) is 13.1 Å². The lowest BCUT2D eigenvalue weighted by atomic mass is 9.75. The van der Waals surface area contributed by atoms with E-state index < -0.39 is 0 Å². The summed E-state index contributed by atoms with van der Waals surface area (Å²) in [5, 5.41) is 0. The van der Waals surface area contributed by atoms with Crippen molar-refractivity contribution in [1.82, 2.24) is 0 Å². The molecule has 1 aromatic rings. The average molecular weight is 283 g/mol. The van der Waals surface area contributed by atoms with Gasteiger partial charge in [-0.15, -0.1) is 0 Å². The van der Waals surface area contributed by atoms with E-state index in [2.05, 4.69) is 40.7 Å². The molecule has 0 atom stereocenters. The maximum Gasteiger partial charge on any atom is 0.0512 e. The van der Waals surface area contributed by atoms with Crippen molar-refractivity contribution in [2.24, 2.45) is 5.41 Å². The summed E-state index contributed by atoms with van der Waals surface area (Å²) in [5.41, 5.74) is 8.37. The first kappa shape index (κ1) is 11.8. The standard InChI is InChI=1S/C13H19BrN2/c1-3-13(4-2)8-16(9-13)12-6-5-10(15)7-11(12)14/h5-7H,3-4,8-9,15H2,1-2H3. The summed E-state index contributed by atoms with van der Waals surface area (Å²) in [5.74, 6) is 0. The maximum absolute atomic E-state index is 5.74. The van der Waals surface area contributed by atoms with Gasteiger partial charge >= 0.3 is 0 Å². The molecule has 1 fully saturated rings. The molecular formula is C13H19BrN2. The van der Waals surface area contributed by atoms with E-state index in [0.717, 1.165) is 10.2 Å². The monoisotopic (exact) mass is 282 g/mol. The molecule has 1 saturated heterocycles. The van der Waals surface area contributed by atoms with Crippen LogP contribution in [0.25, 0.3) is 0 Å². The van der Waals surface area contributed by atoms with Crippen LogP contribution in [0, 0.1) is 5.41 Å². The van der Waals surface area contributed by atoms with Gasteiger partial charge in [-0.2, -0.15) is 0 Å². The van der Waals surface area contributed by atoms with Gasteiger partial charge in [0.25, 0.3) is 0 Å². The van der Waals surface area contributed by atoms with E-state index in [4.69, 9.17) is 5.73 Å². The van der Waals surface area contributed by atoms with Gasteiger partial charge in [-0.3, -0.25) is 0 Å². The molecule has 16 heavy (non-hydrogen) atoms. The normalized spacial score (nSPS) is 18.3. The minimum Gasteiger partial charge on any atom is -0.399 e. The number of hydrogen-bond donors (Lipinski definition) is 1. The summed E-state index contributed by atoms with van der Waals surface area (Å²) < 4.78 is 1.10. The summed E-state index contributed by atoms with van der Waals surface area (Å²) in [7, 11) is 0. The lowest BCUT2D eigenvalue weighted by molar-refractivity contribution is 0.194. The van der Waals surface area contributed by atoms with E-state index in [-0.39, 0.29) is 0 Å². The van der Waals surface area contributed by atoms with Crippen molar-refractivity contribution >= 4 is 27.3 Å². The van der Waals surface area contributed by atoms with Crippen LogP contribution in [0.15, 0.2) is 22.7 Å². The summed E-state index contributed by atoms with van der Waals surface area (Å²) >= 11 is 3.58. The van der Waals surface area contributed by atoms with Gasteiger partial charge in [-0.25, -0.2) is 0 Å². The minimum atomic E-state index is 0.542. The third-order valence-electron chi connectivity index (χ3n) is 3.86. The fourth-order valence-corrected chi connectivity index (χ4v) is 3.06. The fraction of sp³-hybridized carbons (Fsp3) is 0.538. The molecule has 2 nitrogen and oxygen atoms in total. The smallest absolute Gasteiger partial charge is 0.0512 e. The van der Waals surface area contributed by atoms with Crippen molar-refractivity contribution in [3.05, 3.63) is 22.7 Å². The molecule has 1 aliphatic rings. The number of benzene rings is 1. The fourth-order valence-electron chi connectivity index (χ4n) is 2.41. The van der Waals surface area contributed by atoms with Crippen LogP contribution in [0.1, 0.15) is 26.7 Å². The lowest BCUT2D eigenvalue weighted by Gasteiger charge is -2.51. The molecule has 1 aromatic carbocycles. The van der Waals surface area contributed by atoms with Gasteiger partial charge in [0.2, 0.25) is 0 Å². The molecule has 88 valence electrons. The van der Waals surface area contributed by atoms with Crippen molar-refractivity contribution in [3.63, 3.8) is 0 Å². The average Bonchev–Trinajstić information content (AvgIpc) is 2.20. The Balaban J connectivity index is 2.12. The van der Waals surface area contributed by atoms with Gasteiger partial charge in [0.1, 0.15) is 0 Å². The number of nitrogens with zero attached hydrogens (tertiary/aromatic N) is 1. The number of anilines is 2. The highest BCUT2D eigenvalue weighted by molar-refractivity contribution is 9.10. The Morgan fingerprint density at radius 1 is 1.31 bits per heavy atom. The zero-order valence-electron chi connectivity index (χ0n) is 9.96. The molecule has 0 spiro atoms. The van der Waals surface area contributed by atoms with Gasteiger partial charge < -0.3 is 10.6 Å². The van der Waals surface area contributed by atoms with Crippen molar-refractivity contribution in [1.29, 1.82) is 0 Å². The second-order valence-electron chi connectivity index (χ2n) is 4.77. The summed E-state index contributed by atoms with van der Waals surface area (Å²) in [6.07, 6.45) is 2.54. The maximum atomic E-state index is 5.74. The molecule has 2 N–H and O–H groups in total. The van der Waals surface area contributed by atoms with Crippen LogP contribution in [0.3, 0.4) is 0 Å². The van der Waals surface area contributed by atoms with Gasteiger partial charge in [0.15, 0.2) is 0 Å². The Morgan fingerprint density at radius 3 is 2.44 bits per heavy atom. The Morgan fingerprint density at radius 2 is 1.94 bits per heavy atom. The molecule has 0 aromatic heterocycles. The first-order valence-electron chi connectivity index (χ1n) is 5.90. The van der Waals surface area contributed by atoms with Gasteiger partial charge in [-0.05, 0) is 47.0 Å². The van der Waals surface area contributed by atoms with Crippen molar-refractivity contribution in [2.45, 2.75) is 26.7 Å². The molecule has 1 heterocycles. The second-order valence-corrected chi connectivity index (χ2v) is 5.63. The van der Waals surface area contributed by atoms with Gasteiger partial charge in [0, 0.05) is 28.7 Å². The minimum absolute atomic E-state index is 0.542. The molecule has 0 saturated carbocycles. The van der Waals surface area contributed by atoms with Crippen LogP contribution in [-0.2, 0) is 0 Å². The van der Waals surface area contributed by atoms with Crippen molar-refractivity contribution in [2.75, 3.05) is 23.7 Å². The number of nitrogen functional groups attached to an aromatic ring is 1. The second kappa shape index (κ2) is 4.28. The topological polar surface area (TPSA) is 29.3 Å². The van der Waals surface area contributed by atoms with Gasteiger partial charge in [-0.1, -0.05) is 13.8 Å². The van der Waals surface area contributed by atoms with Crippen LogP contribution in [0.5, 0.6) is 0 Å². The van der Waals surface area contributed by atoms with E-state index in [1.165, 1.54) is 31.6 Å². The Hall–Kier alpha value is -0.700. The molecule has 1 aliphatic heterocycles. The molecular weight excluding hydrogens is 264 g/mol. The van der Waals surface area contributed by atoms with Crippen LogP contribution < -0.4 is 10.6 Å². The summed E-state index contributed by atoms with van der Waals surface area (Å²) in [4.78, 5) is 2.43.